The first-order chi connectivity index (χ1) is 8.63. The van der Waals surface area contributed by atoms with Crippen LogP contribution in [-0.2, 0) is 16.1 Å². The van der Waals surface area contributed by atoms with Crippen LogP contribution >= 0.6 is 11.8 Å². The van der Waals surface area contributed by atoms with Crippen molar-refractivity contribution in [2.24, 2.45) is 0 Å². The molecule has 0 fully saturated rings. The first-order valence-electron chi connectivity index (χ1n) is 6.23. The number of esters is 1. The lowest BCUT2D eigenvalue weighted by Gasteiger charge is -2.12. The number of rotatable bonds is 7. The maximum atomic E-state index is 11.3. The average molecular weight is 267 g/mol. The van der Waals surface area contributed by atoms with Gasteiger partial charge in [-0.15, -0.1) is 11.8 Å². The quantitative estimate of drug-likeness (QED) is 0.609. The monoisotopic (exact) mass is 267 g/mol. The Bertz CT molecular complexity index is 380. The highest BCUT2D eigenvalue weighted by Crippen LogP contribution is 2.22. The minimum atomic E-state index is -0.158. The fraction of sp³-hybridized carbons (Fsp3) is 0.500. The summed E-state index contributed by atoms with van der Waals surface area (Å²) in [6.45, 7) is 7.32. The molecular formula is C14H21NO2S. The summed E-state index contributed by atoms with van der Waals surface area (Å²) in [6, 6.07) is 8.59. The first kappa shape index (κ1) is 15.1. The van der Waals surface area contributed by atoms with E-state index >= 15 is 0 Å². The number of hydrogen-bond donors (Lipinski definition) is 1. The van der Waals surface area contributed by atoms with Crippen LogP contribution in [0.25, 0.3) is 0 Å². The summed E-state index contributed by atoms with van der Waals surface area (Å²) in [7, 11) is 0. The Morgan fingerprint density at radius 1 is 1.39 bits per heavy atom. The van der Waals surface area contributed by atoms with Crippen molar-refractivity contribution < 1.29 is 9.53 Å². The predicted octanol–water partition coefficient (Wildman–Crippen LogP) is 2.84. The second kappa shape index (κ2) is 8.16. The maximum Gasteiger partial charge on any atom is 0.316 e. The molecule has 0 saturated heterocycles. The minimum Gasteiger partial charge on any atom is -0.465 e. The molecule has 4 heteroatoms. The van der Waals surface area contributed by atoms with Crippen molar-refractivity contribution in [1.29, 1.82) is 0 Å². The molecule has 0 bridgehead atoms. The van der Waals surface area contributed by atoms with Gasteiger partial charge >= 0.3 is 5.97 Å². The van der Waals surface area contributed by atoms with Crippen LogP contribution in [0, 0.1) is 0 Å². The third-order valence-electron chi connectivity index (χ3n) is 2.32. The van der Waals surface area contributed by atoms with E-state index in [2.05, 4.69) is 25.2 Å². The summed E-state index contributed by atoms with van der Waals surface area (Å²) in [4.78, 5) is 12.5. The van der Waals surface area contributed by atoms with E-state index in [-0.39, 0.29) is 5.97 Å². The van der Waals surface area contributed by atoms with Crippen molar-refractivity contribution in [3.8, 4) is 0 Å². The van der Waals surface area contributed by atoms with Crippen molar-refractivity contribution in [3.05, 3.63) is 29.8 Å². The zero-order valence-electron chi connectivity index (χ0n) is 11.2. The highest BCUT2D eigenvalue weighted by Gasteiger charge is 2.07. The Kier molecular flexibility index (Phi) is 6.83. The predicted molar refractivity (Wildman–Crippen MR) is 75.8 cm³/mol. The van der Waals surface area contributed by atoms with Crippen molar-refractivity contribution in [2.45, 2.75) is 38.3 Å². The van der Waals surface area contributed by atoms with Gasteiger partial charge in [0.1, 0.15) is 0 Å². The standard InChI is InChI=1S/C14H21NO2S/c1-4-17-14(16)10-18-13-8-6-5-7-12(13)9-15-11(2)3/h5-8,11,15H,4,9-10H2,1-3H3. The van der Waals surface area contributed by atoms with E-state index in [0.717, 1.165) is 11.4 Å². The molecule has 1 N–H and O–H groups in total. The van der Waals surface area contributed by atoms with E-state index in [0.29, 0.717) is 18.4 Å². The van der Waals surface area contributed by atoms with Gasteiger partial charge in [0, 0.05) is 17.5 Å². The highest BCUT2D eigenvalue weighted by atomic mass is 32.2. The molecule has 100 valence electrons. The molecular weight excluding hydrogens is 246 g/mol. The molecule has 0 amide bonds. The van der Waals surface area contributed by atoms with Crippen molar-refractivity contribution in [1.82, 2.24) is 5.32 Å². The van der Waals surface area contributed by atoms with Gasteiger partial charge in [-0.05, 0) is 18.6 Å². The molecule has 0 heterocycles. The number of hydrogen-bond acceptors (Lipinski definition) is 4. The molecule has 1 rings (SSSR count). The Hall–Kier alpha value is -1.00. The molecule has 0 atom stereocenters. The van der Waals surface area contributed by atoms with Gasteiger partial charge in [0.15, 0.2) is 0 Å². The molecule has 0 unspecified atom stereocenters. The second-order valence-corrected chi connectivity index (χ2v) is 5.25. The number of thioether (sulfide) groups is 1. The molecule has 0 radical (unpaired) electrons. The van der Waals surface area contributed by atoms with Crippen LogP contribution in [0.3, 0.4) is 0 Å². The topological polar surface area (TPSA) is 38.3 Å². The number of carbonyl (C=O) groups is 1. The van der Waals surface area contributed by atoms with Crippen LogP contribution in [0.2, 0.25) is 0 Å². The molecule has 3 nitrogen and oxygen atoms in total. The van der Waals surface area contributed by atoms with Gasteiger partial charge in [-0.1, -0.05) is 32.0 Å². The van der Waals surface area contributed by atoms with Gasteiger partial charge in [0.05, 0.1) is 12.4 Å². The fourth-order valence-corrected chi connectivity index (χ4v) is 2.30. The Morgan fingerprint density at radius 2 is 2.11 bits per heavy atom. The zero-order chi connectivity index (χ0) is 13.4. The Balaban J connectivity index is 2.56. The van der Waals surface area contributed by atoms with Gasteiger partial charge < -0.3 is 10.1 Å². The van der Waals surface area contributed by atoms with E-state index in [4.69, 9.17) is 4.74 Å². The van der Waals surface area contributed by atoms with E-state index < -0.39 is 0 Å². The molecule has 0 spiro atoms. The maximum absolute atomic E-state index is 11.3. The van der Waals surface area contributed by atoms with E-state index in [1.165, 1.54) is 17.3 Å². The van der Waals surface area contributed by atoms with Crippen LogP contribution in [-0.4, -0.2) is 24.4 Å². The molecule has 1 aromatic carbocycles. The molecule has 0 saturated carbocycles. The third kappa shape index (κ3) is 5.56. The normalized spacial score (nSPS) is 10.7. The molecule has 0 aliphatic carbocycles. The molecule has 0 aliphatic rings. The summed E-state index contributed by atoms with van der Waals surface area (Å²) >= 11 is 1.53. The minimum absolute atomic E-state index is 0.158. The first-order valence-corrected chi connectivity index (χ1v) is 7.21. The smallest absolute Gasteiger partial charge is 0.316 e. The third-order valence-corrected chi connectivity index (χ3v) is 3.41. The van der Waals surface area contributed by atoms with Crippen LogP contribution < -0.4 is 5.32 Å². The largest absolute Gasteiger partial charge is 0.465 e. The SMILES string of the molecule is CCOC(=O)CSc1ccccc1CNC(C)C. The molecule has 0 aliphatic heterocycles. The van der Waals surface area contributed by atoms with Crippen LogP contribution in [0.15, 0.2) is 29.2 Å². The van der Waals surface area contributed by atoms with Gasteiger partial charge in [0.25, 0.3) is 0 Å². The van der Waals surface area contributed by atoms with E-state index in [1.54, 1.807) is 0 Å². The second-order valence-electron chi connectivity index (χ2n) is 4.24. The summed E-state index contributed by atoms with van der Waals surface area (Å²) in [6.07, 6.45) is 0. The summed E-state index contributed by atoms with van der Waals surface area (Å²) in [5.74, 6) is 0.209. The van der Waals surface area contributed by atoms with Crippen molar-refractivity contribution in [3.63, 3.8) is 0 Å². The lowest BCUT2D eigenvalue weighted by molar-refractivity contribution is -0.139. The highest BCUT2D eigenvalue weighted by molar-refractivity contribution is 8.00. The van der Waals surface area contributed by atoms with Crippen molar-refractivity contribution in [2.75, 3.05) is 12.4 Å². The van der Waals surface area contributed by atoms with Crippen molar-refractivity contribution >= 4 is 17.7 Å². The van der Waals surface area contributed by atoms with Crippen LogP contribution in [0.5, 0.6) is 0 Å². The molecule has 0 aromatic heterocycles. The van der Waals surface area contributed by atoms with Gasteiger partial charge in [-0.25, -0.2) is 0 Å². The summed E-state index contributed by atoms with van der Waals surface area (Å²) in [5, 5.41) is 3.39. The molecule has 18 heavy (non-hydrogen) atoms. The summed E-state index contributed by atoms with van der Waals surface area (Å²) < 4.78 is 4.93. The average Bonchev–Trinajstić information content (AvgIpc) is 2.35. The number of carbonyl (C=O) groups excluding carboxylic acids is 1. The molecule has 1 aromatic rings. The van der Waals surface area contributed by atoms with Gasteiger partial charge in [-0.3, -0.25) is 4.79 Å². The number of nitrogens with one attached hydrogen (secondary N) is 1. The van der Waals surface area contributed by atoms with Crippen LogP contribution in [0.4, 0.5) is 0 Å². The summed E-state index contributed by atoms with van der Waals surface area (Å²) in [5.41, 5.74) is 1.22. The zero-order valence-corrected chi connectivity index (χ0v) is 12.0. The number of benzene rings is 1. The lowest BCUT2D eigenvalue weighted by atomic mass is 10.2. The van der Waals surface area contributed by atoms with Gasteiger partial charge in [0.2, 0.25) is 0 Å². The van der Waals surface area contributed by atoms with E-state index in [9.17, 15) is 4.79 Å². The van der Waals surface area contributed by atoms with Crippen LogP contribution in [0.1, 0.15) is 26.3 Å². The van der Waals surface area contributed by atoms with E-state index in [1.807, 2.05) is 25.1 Å². The lowest BCUT2D eigenvalue weighted by Crippen LogP contribution is -2.22. The fourth-order valence-electron chi connectivity index (χ4n) is 1.44. The number of ether oxygens (including phenoxy) is 1. The Morgan fingerprint density at radius 3 is 2.78 bits per heavy atom. The Labute approximate surface area is 113 Å². The van der Waals surface area contributed by atoms with Gasteiger partial charge in [-0.2, -0.15) is 0 Å².